The Morgan fingerprint density at radius 3 is 2.72 bits per heavy atom. The highest BCUT2D eigenvalue weighted by Gasteiger charge is 2.00. The number of nitrogens with one attached hydrogen (secondary N) is 1. The molecule has 0 saturated heterocycles. The van der Waals surface area contributed by atoms with Gasteiger partial charge in [0.15, 0.2) is 0 Å². The van der Waals surface area contributed by atoms with Crippen LogP contribution in [-0.4, -0.2) is 4.98 Å². The molecule has 0 fully saturated rings. The number of anilines is 1. The van der Waals surface area contributed by atoms with E-state index < -0.39 is 0 Å². The predicted octanol–water partition coefficient (Wildman–Crippen LogP) is 3.18. The maximum atomic E-state index is 8.88. The summed E-state index contributed by atoms with van der Waals surface area (Å²) in [6.45, 7) is 4.70. The van der Waals surface area contributed by atoms with Gasteiger partial charge in [-0.1, -0.05) is 12.1 Å². The van der Waals surface area contributed by atoms with Crippen LogP contribution in [0.3, 0.4) is 0 Å². The normalized spacial score (nSPS) is 9.83. The van der Waals surface area contributed by atoms with Gasteiger partial charge in [-0.25, -0.2) is 0 Å². The van der Waals surface area contributed by atoms with E-state index in [2.05, 4.69) is 16.4 Å². The molecule has 18 heavy (non-hydrogen) atoms. The van der Waals surface area contributed by atoms with Crippen LogP contribution in [0.2, 0.25) is 0 Å². The summed E-state index contributed by atoms with van der Waals surface area (Å²) >= 11 is 0. The lowest BCUT2D eigenvalue weighted by molar-refractivity contribution is 1.03. The highest BCUT2D eigenvalue weighted by Crippen LogP contribution is 2.17. The van der Waals surface area contributed by atoms with Crippen LogP contribution in [0.25, 0.3) is 0 Å². The number of pyridine rings is 1. The molecule has 1 heterocycles. The summed E-state index contributed by atoms with van der Waals surface area (Å²) in [6.07, 6.45) is 1.86. The zero-order chi connectivity index (χ0) is 13.0. The third-order valence-corrected chi connectivity index (χ3v) is 2.80. The second kappa shape index (κ2) is 5.33. The number of nitriles is 1. The van der Waals surface area contributed by atoms with E-state index in [0.717, 1.165) is 22.5 Å². The fourth-order valence-electron chi connectivity index (χ4n) is 1.67. The van der Waals surface area contributed by atoms with Crippen molar-refractivity contribution in [2.45, 2.75) is 20.4 Å². The van der Waals surface area contributed by atoms with Crippen molar-refractivity contribution in [1.82, 2.24) is 4.98 Å². The summed E-state index contributed by atoms with van der Waals surface area (Å²) in [4.78, 5) is 4.34. The van der Waals surface area contributed by atoms with Crippen molar-refractivity contribution in [2.24, 2.45) is 0 Å². The molecule has 3 heteroatoms. The fraction of sp³-hybridized carbons (Fsp3) is 0.200. The van der Waals surface area contributed by atoms with Gasteiger partial charge in [-0.15, -0.1) is 0 Å². The Kier molecular flexibility index (Phi) is 3.59. The predicted molar refractivity (Wildman–Crippen MR) is 72.2 cm³/mol. The Balaban J connectivity index is 2.10. The Hall–Kier alpha value is -2.34. The van der Waals surface area contributed by atoms with E-state index in [1.165, 1.54) is 0 Å². The van der Waals surface area contributed by atoms with Gasteiger partial charge in [0, 0.05) is 11.9 Å². The zero-order valence-corrected chi connectivity index (χ0v) is 10.6. The molecule has 0 unspecified atom stereocenters. The molecule has 0 saturated carbocycles. The molecule has 3 nitrogen and oxygen atoms in total. The highest BCUT2D eigenvalue weighted by molar-refractivity contribution is 5.55. The van der Waals surface area contributed by atoms with Crippen LogP contribution in [0.1, 0.15) is 22.4 Å². The Morgan fingerprint density at radius 1 is 1.22 bits per heavy atom. The topological polar surface area (TPSA) is 48.7 Å². The number of nitrogens with zero attached hydrogens (tertiary/aromatic N) is 2. The van der Waals surface area contributed by atoms with Crippen LogP contribution in [0, 0.1) is 25.2 Å². The second-order valence-electron chi connectivity index (χ2n) is 4.32. The van der Waals surface area contributed by atoms with E-state index >= 15 is 0 Å². The fourth-order valence-corrected chi connectivity index (χ4v) is 1.67. The van der Waals surface area contributed by atoms with Gasteiger partial charge in [0.05, 0.1) is 23.9 Å². The number of aryl methyl sites for hydroxylation is 2. The number of aromatic nitrogens is 1. The molecule has 0 atom stereocenters. The minimum Gasteiger partial charge on any atom is -0.379 e. The first-order chi connectivity index (χ1) is 8.69. The van der Waals surface area contributed by atoms with Crippen molar-refractivity contribution in [1.29, 1.82) is 5.26 Å². The molecule has 1 aromatic heterocycles. The average Bonchev–Trinajstić information content (AvgIpc) is 2.40. The monoisotopic (exact) mass is 237 g/mol. The lowest BCUT2D eigenvalue weighted by atomic mass is 10.1. The SMILES string of the molecule is Cc1ccc(CNc2cc(C#N)ccc2C)nc1. The maximum absolute atomic E-state index is 8.88. The van der Waals surface area contributed by atoms with Gasteiger partial charge in [0.25, 0.3) is 0 Å². The van der Waals surface area contributed by atoms with Crippen molar-refractivity contribution in [3.63, 3.8) is 0 Å². The molecular formula is C15H15N3. The van der Waals surface area contributed by atoms with Crippen molar-refractivity contribution in [2.75, 3.05) is 5.32 Å². The van der Waals surface area contributed by atoms with Gasteiger partial charge in [-0.05, 0) is 43.2 Å². The van der Waals surface area contributed by atoms with Crippen LogP contribution in [-0.2, 0) is 6.54 Å². The molecule has 0 aliphatic carbocycles. The lowest BCUT2D eigenvalue weighted by Gasteiger charge is -2.09. The summed E-state index contributed by atoms with van der Waals surface area (Å²) in [5, 5.41) is 12.2. The quantitative estimate of drug-likeness (QED) is 0.891. The van der Waals surface area contributed by atoms with Gasteiger partial charge in [-0.2, -0.15) is 5.26 Å². The van der Waals surface area contributed by atoms with Crippen LogP contribution in [0.5, 0.6) is 0 Å². The van der Waals surface area contributed by atoms with E-state index in [1.54, 1.807) is 0 Å². The molecule has 0 radical (unpaired) electrons. The summed E-state index contributed by atoms with van der Waals surface area (Å²) in [5.41, 5.74) is 4.92. The highest BCUT2D eigenvalue weighted by atomic mass is 14.9. The minimum absolute atomic E-state index is 0.663. The number of benzene rings is 1. The first-order valence-electron chi connectivity index (χ1n) is 5.85. The van der Waals surface area contributed by atoms with Crippen LogP contribution < -0.4 is 5.32 Å². The van der Waals surface area contributed by atoms with Gasteiger partial charge >= 0.3 is 0 Å². The molecule has 0 bridgehead atoms. The van der Waals surface area contributed by atoms with E-state index in [0.29, 0.717) is 12.1 Å². The summed E-state index contributed by atoms with van der Waals surface area (Å²) in [5.74, 6) is 0. The maximum Gasteiger partial charge on any atom is 0.0992 e. The van der Waals surface area contributed by atoms with Crippen LogP contribution in [0.15, 0.2) is 36.5 Å². The third-order valence-electron chi connectivity index (χ3n) is 2.80. The van der Waals surface area contributed by atoms with E-state index in [4.69, 9.17) is 5.26 Å². The first-order valence-corrected chi connectivity index (χ1v) is 5.85. The second-order valence-corrected chi connectivity index (χ2v) is 4.32. The minimum atomic E-state index is 0.663. The van der Waals surface area contributed by atoms with E-state index in [-0.39, 0.29) is 0 Å². The molecule has 90 valence electrons. The van der Waals surface area contributed by atoms with Crippen molar-refractivity contribution in [3.8, 4) is 6.07 Å². The van der Waals surface area contributed by atoms with Crippen LogP contribution >= 0.6 is 0 Å². The zero-order valence-electron chi connectivity index (χ0n) is 10.6. The lowest BCUT2D eigenvalue weighted by Crippen LogP contribution is -2.03. The standard InChI is InChI=1S/C15H15N3/c1-11-3-6-14(17-9-11)10-18-15-7-13(8-16)5-4-12(15)2/h3-7,9,18H,10H2,1-2H3. The summed E-state index contributed by atoms with van der Waals surface area (Å²) in [7, 11) is 0. The largest absolute Gasteiger partial charge is 0.379 e. The van der Waals surface area contributed by atoms with Gasteiger partial charge in [0.1, 0.15) is 0 Å². The average molecular weight is 237 g/mol. The number of hydrogen-bond acceptors (Lipinski definition) is 3. The molecule has 1 N–H and O–H groups in total. The number of hydrogen-bond donors (Lipinski definition) is 1. The van der Waals surface area contributed by atoms with Crippen molar-refractivity contribution < 1.29 is 0 Å². The summed E-state index contributed by atoms with van der Waals surface area (Å²) in [6, 6.07) is 11.8. The molecule has 0 aliphatic heterocycles. The molecule has 1 aromatic carbocycles. The van der Waals surface area contributed by atoms with E-state index in [1.807, 2.05) is 50.4 Å². The Morgan fingerprint density at radius 2 is 2.06 bits per heavy atom. The summed E-state index contributed by atoms with van der Waals surface area (Å²) < 4.78 is 0. The number of rotatable bonds is 3. The Labute approximate surface area is 107 Å². The van der Waals surface area contributed by atoms with E-state index in [9.17, 15) is 0 Å². The van der Waals surface area contributed by atoms with Crippen molar-refractivity contribution in [3.05, 3.63) is 58.9 Å². The Bertz CT molecular complexity index is 580. The molecule has 0 aliphatic rings. The van der Waals surface area contributed by atoms with Gasteiger partial charge in [0.2, 0.25) is 0 Å². The first kappa shape index (κ1) is 12.1. The molecule has 0 spiro atoms. The molecule has 2 rings (SSSR count). The van der Waals surface area contributed by atoms with Crippen LogP contribution in [0.4, 0.5) is 5.69 Å². The van der Waals surface area contributed by atoms with Gasteiger partial charge in [-0.3, -0.25) is 4.98 Å². The molecule has 0 amide bonds. The molecular weight excluding hydrogens is 222 g/mol. The molecule has 2 aromatic rings. The van der Waals surface area contributed by atoms with Gasteiger partial charge < -0.3 is 5.32 Å². The smallest absolute Gasteiger partial charge is 0.0992 e. The van der Waals surface area contributed by atoms with Crippen molar-refractivity contribution >= 4 is 5.69 Å². The third kappa shape index (κ3) is 2.86.